The van der Waals surface area contributed by atoms with Gasteiger partial charge in [-0.2, -0.15) is 74.6 Å². The third-order valence-corrected chi connectivity index (χ3v) is 4.16. The van der Waals surface area contributed by atoms with Crippen LogP contribution < -0.4 is 0 Å². The summed E-state index contributed by atoms with van der Waals surface area (Å²) in [5.74, 6) is -61.0. The molecular weight excluding hydrogens is 542 g/mol. The van der Waals surface area contributed by atoms with Gasteiger partial charge in [-0.05, 0) is 13.8 Å². The van der Waals surface area contributed by atoms with Gasteiger partial charge < -0.3 is 4.74 Å². The Labute approximate surface area is 176 Å². The quantitative estimate of drug-likeness (QED) is 0.224. The monoisotopic (exact) mass is 552 g/mol. The van der Waals surface area contributed by atoms with Crippen LogP contribution in [-0.4, -0.2) is 65.9 Å². The van der Waals surface area contributed by atoms with Crippen LogP contribution in [0.25, 0.3) is 0 Å². The zero-order chi connectivity index (χ0) is 28.2. The van der Waals surface area contributed by atoms with Gasteiger partial charge in [0.05, 0.1) is 13.0 Å². The number of hydrogen-bond acceptors (Lipinski definition) is 2. The highest BCUT2D eigenvalue weighted by Crippen LogP contribution is 2.65. The first kappa shape index (κ1) is 32.2. The van der Waals surface area contributed by atoms with Crippen molar-refractivity contribution in [2.24, 2.45) is 0 Å². The number of halogens is 18. The summed E-state index contributed by atoms with van der Waals surface area (Å²) in [6.07, 6.45) is -10.5. The van der Waals surface area contributed by atoms with Crippen molar-refractivity contribution in [3.63, 3.8) is 0 Å². The molecule has 1 unspecified atom stereocenters. The molecule has 20 heteroatoms. The van der Waals surface area contributed by atoms with Crippen LogP contribution in [0.15, 0.2) is 0 Å². The minimum atomic E-state index is -8.81. The fourth-order valence-electron chi connectivity index (χ4n) is 2.09. The lowest BCUT2D eigenvalue weighted by atomic mass is 9.83. The third kappa shape index (κ3) is 4.21. The topological polar surface area (TPSA) is 26.3 Å². The van der Waals surface area contributed by atoms with Gasteiger partial charge in [0.25, 0.3) is 0 Å². The van der Waals surface area contributed by atoms with E-state index in [1.807, 2.05) is 0 Å². The van der Waals surface area contributed by atoms with Crippen LogP contribution in [0.1, 0.15) is 20.3 Å². The highest BCUT2D eigenvalue weighted by Gasteiger charge is 2.96. The van der Waals surface area contributed by atoms with Crippen molar-refractivity contribution in [3.05, 3.63) is 0 Å². The first-order chi connectivity index (χ1) is 14.5. The third-order valence-electron chi connectivity index (χ3n) is 4.16. The Morgan fingerprint density at radius 2 is 0.794 bits per heavy atom. The van der Waals surface area contributed by atoms with E-state index in [9.17, 15) is 83.8 Å². The first-order valence-electron chi connectivity index (χ1n) is 8.01. The predicted molar refractivity (Wildman–Crippen MR) is 71.4 cm³/mol. The van der Waals surface area contributed by atoms with E-state index in [2.05, 4.69) is 4.74 Å². The summed E-state index contributed by atoms with van der Waals surface area (Å²) < 4.78 is 241. The summed E-state index contributed by atoms with van der Waals surface area (Å²) in [4.78, 5) is 11.0. The predicted octanol–water partition coefficient (Wildman–Crippen LogP) is 6.68. The lowest BCUT2D eigenvalue weighted by molar-refractivity contribution is -0.465. The minimum Gasteiger partial charge on any atom is -0.466 e. The molecule has 204 valence electrons. The molecule has 0 aromatic carbocycles. The Kier molecular flexibility index (Phi) is 7.96. The Hall–Kier alpha value is -1.79. The van der Waals surface area contributed by atoms with Gasteiger partial charge in [0.2, 0.25) is 0 Å². The molecule has 0 radical (unpaired) electrons. The maximum atomic E-state index is 14.0. The summed E-state index contributed by atoms with van der Waals surface area (Å²) in [6.45, 7) is -0.704. The minimum absolute atomic E-state index is 0.778. The highest BCUT2D eigenvalue weighted by molar-refractivity contribution is 5.70. The SMILES string of the molecule is CCOC(=O)CC(C)(F)C(F)(F)C(F)(F)C(F)(F)C(F)(F)C(F)(F)C(F)(F)C(F)(F)C(F)(F)F. The molecule has 0 heterocycles. The molecule has 0 aliphatic heterocycles. The van der Waals surface area contributed by atoms with Gasteiger partial charge in [0.1, 0.15) is 0 Å². The number of alkyl halides is 18. The number of carbonyl (C=O) groups excluding carboxylic acids is 1. The molecule has 0 aromatic heterocycles. The lowest BCUT2D eigenvalue weighted by Gasteiger charge is -2.44. The van der Waals surface area contributed by atoms with Crippen LogP contribution >= 0.6 is 0 Å². The molecule has 0 N–H and O–H groups in total. The van der Waals surface area contributed by atoms with Crippen molar-refractivity contribution in [2.45, 2.75) is 73.6 Å². The molecule has 0 aliphatic carbocycles. The van der Waals surface area contributed by atoms with Crippen molar-refractivity contribution in [2.75, 3.05) is 6.61 Å². The van der Waals surface area contributed by atoms with E-state index in [1.54, 1.807) is 0 Å². The molecular formula is C14H10F18O2. The highest BCUT2D eigenvalue weighted by atomic mass is 19.4. The number of rotatable bonds is 10. The fourth-order valence-corrected chi connectivity index (χ4v) is 2.09. The molecule has 0 bridgehead atoms. The van der Waals surface area contributed by atoms with Crippen LogP contribution in [-0.2, 0) is 9.53 Å². The van der Waals surface area contributed by atoms with Crippen LogP contribution in [0.2, 0.25) is 0 Å². The van der Waals surface area contributed by atoms with Crippen molar-refractivity contribution < 1.29 is 88.6 Å². The summed E-state index contributed by atoms with van der Waals surface area (Å²) in [7, 11) is 0. The van der Waals surface area contributed by atoms with E-state index >= 15 is 0 Å². The van der Waals surface area contributed by atoms with E-state index in [0.717, 1.165) is 6.92 Å². The summed E-state index contributed by atoms with van der Waals surface area (Å²) in [5.41, 5.74) is -5.38. The molecule has 0 saturated heterocycles. The largest absolute Gasteiger partial charge is 0.466 e. The molecule has 34 heavy (non-hydrogen) atoms. The van der Waals surface area contributed by atoms with Gasteiger partial charge in [-0.3, -0.25) is 4.79 Å². The van der Waals surface area contributed by atoms with Gasteiger partial charge in [-0.1, -0.05) is 0 Å². The number of carbonyl (C=O) groups is 1. The van der Waals surface area contributed by atoms with Crippen LogP contribution in [0, 0.1) is 0 Å². The molecule has 0 fully saturated rings. The molecule has 0 rings (SSSR count). The maximum absolute atomic E-state index is 14.0. The Bertz CT molecular complexity index is 750. The summed E-state index contributed by atoms with van der Waals surface area (Å²) >= 11 is 0. The van der Waals surface area contributed by atoms with Crippen LogP contribution in [0.5, 0.6) is 0 Å². The number of esters is 1. The normalized spacial score (nSPS) is 17.4. The molecule has 2 nitrogen and oxygen atoms in total. The van der Waals surface area contributed by atoms with Crippen molar-refractivity contribution >= 4 is 5.97 Å². The molecule has 0 aromatic rings. The standard InChI is InChI=1S/C14H10F18O2/c1-3-34-5(33)4-6(2,15)7(16,17)8(18,19)9(20,21)10(22,23)11(24,25)12(26,27)13(28,29)14(30,31)32/h3-4H2,1-2H3. The second kappa shape index (κ2) is 8.41. The van der Waals surface area contributed by atoms with Crippen LogP contribution in [0.4, 0.5) is 79.0 Å². The molecule has 0 saturated carbocycles. The van der Waals surface area contributed by atoms with Gasteiger partial charge in [0, 0.05) is 0 Å². The lowest BCUT2D eigenvalue weighted by Crippen LogP contribution is -2.76. The average Bonchev–Trinajstić information content (AvgIpc) is 2.59. The Morgan fingerprint density at radius 1 is 0.529 bits per heavy atom. The molecule has 0 aliphatic rings. The van der Waals surface area contributed by atoms with E-state index in [4.69, 9.17) is 0 Å². The van der Waals surface area contributed by atoms with Gasteiger partial charge in [-0.15, -0.1) is 0 Å². The summed E-state index contributed by atoms with van der Waals surface area (Å²) in [6, 6.07) is 0. The average molecular weight is 552 g/mol. The van der Waals surface area contributed by atoms with Crippen molar-refractivity contribution in [1.29, 1.82) is 0 Å². The van der Waals surface area contributed by atoms with E-state index in [0.29, 0.717) is 0 Å². The molecule has 1 atom stereocenters. The first-order valence-corrected chi connectivity index (χ1v) is 8.01. The van der Waals surface area contributed by atoms with Gasteiger partial charge >= 0.3 is 53.6 Å². The molecule has 0 amide bonds. The van der Waals surface area contributed by atoms with Crippen LogP contribution in [0.3, 0.4) is 0 Å². The number of ether oxygens (including phenoxy) is 1. The summed E-state index contributed by atoms with van der Waals surface area (Å²) in [5, 5.41) is 0. The number of hydrogen-bond donors (Lipinski definition) is 0. The maximum Gasteiger partial charge on any atom is 0.460 e. The molecule has 0 spiro atoms. The van der Waals surface area contributed by atoms with Crippen molar-refractivity contribution in [3.8, 4) is 0 Å². The van der Waals surface area contributed by atoms with E-state index < -0.39 is 79.2 Å². The second-order valence-electron chi connectivity index (χ2n) is 6.70. The fraction of sp³-hybridized carbons (Fsp3) is 0.929. The zero-order valence-corrected chi connectivity index (χ0v) is 16.0. The van der Waals surface area contributed by atoms with Crippen molar-refractivity contribution in [1.82, 2.24) is 0 Å². The van der Waals surface area contributed by atoms with Gasteiger partial charge in [0.15, 0.2) is 5.67 Å². The second-order valence-corrected chi connectivity index (χ2v) is 6.70. The zero-order valence-electron chi connectivity index (χ0n) is 16.0. The van der Waals surface area contributed by atoms with Gasteiger partial charge in [-0.25, -0.2) is 4.39 Å². The Morgan fingerprint density at radius 3 is 1.06 bits per heavy atom. The smallest absolute Gasteiger partial charge is 0.460 e. The Balaban J connectivity index is 6.80. The van der Waals surface area contributed by atoms with E-state index in [-0.39, 0.29) is 0 Å². The van der Waals surface area contributed by atoms with E-state index in [1.165, 1.54) is 0 Å².